The molecule has 1 N–H and O–H groups in total. The Kier molecular flexibility index (Phi) is 4.06. The van der Waals surface area contributed by atoms with Gasteiger partial charge in [-0.3, -0.25) is 0 Å². The molecule has 0 aromatic heterocycles. The Morgan fingerprint density at radius 1 is 1.35 bits per heavy atom. The molecule has 2 nitrogen and oxygen atoms in total. The lowest BCUT2D eigenvalue weighted by Crippen LogP contribution is -2.10. The second kappa shape index (κ2) is 5.54. The zero-order chi connectivity index (χ0) is 12.3. The van der Waals surface area contributed by atoms with Gasteiger partial charge in [-0.15, -0.1) is 0 Å². The van der Waals surface area contributed by atoms with Crippen LogP contribution in [0.3, 0.4) is 0 Å². The summed E-state index contributed by atoms with van der Waals surface area (Å²) in [5, 5.41) is 9.71. The molecule has 0 radical (unpaired) electrons. The largest absolute Gasteiger partial charge is 0.493 e. The van der Waals surface area contributed by atoms with Crippen LogP contribution in [0.1, 0.15) is 49.8 Å². The average molecular weight is 234 g/mol. The average Bonchev–Trinajstić information content (AvgIpc) is 2.78. The maximum absolute atomic E-state index is 9.71. The first-order valence-electron chi connectivity index (χ1n) is 6.58. The Morgan fingerprint density at radius 3 is 2.71 bits per heavy atom. The van der Waals surface area contributed by atoms with Crippen LogP contribution in [0.25, 0.3) is 0 Å². The Hall–Kier alpha value is -1.02. The summed E-state index contributed by atoms with van der Waals surface area (Å²) in [5.41, 5.74) is 2.07. The van der Waals surface area contributed by atoms with Crippen molar-refractivity contribution in [3.05, 3.63) is 29.3 Å². The zero-order valence-corrected chi connectivity index (χ0v) is 10.8. The van der Waals surface area contributed by atoms with Crippen molar-refractivity contribution < 1.29 is 9.84 Å². The molecule has 1 saturated carbocycles. The number of rotatable bonds is 4. The molecule has 1 fully saturated rings. The van der Waals surface area contributed by atoms with E-state index in [1.807, 2.05) is 25.1 Å². The molecular weight excluding hydrogens is 212 g/mol. The van der Waals surface area contributed by atoms with E-state index in [-0.39, 0.29) is 0 Å². The first kappa shape index (κ1) is 12.4. The second-order valence-corrected chi connectivity index (χ2v) is 5.18. The predicted molar refractivity (Wildman–Crippen MR) is 69.3 cm³/mol. The molecule has 2 heteroatoms. The Labute approximate surface area is 104 Å². The minimum Gasteiger partial charge on any atom is -0.493 e. The van der Waals surface area contributed by atoms with Gasteiger partial charge in [-0.05, 0) is 44.2 Å². The SMILES string of the molecule is Cc1ccc([C@@H](C)O)c(OCC2CCCC2)c1. The highest BCUT2D eigenvalue weighted by molar-refractivity contribution is 5.38. The standard InChI is InChI=1S/C15H22O2/c1-11-7-8-14(12(2)16)15(9-11)17-10-13-5-3-4-6-13/h7-9,12-13,16H,3-6,10H2,1-2H3/t12-/m1/s1. The lowest BCUT2D eigenvalue weighted by atomic mass is 10.1. The molecule has 1 aliphatic carbocycles. The maximum Gasteiger partial charge on any atom is 0.125 e. The molecule has 0 spiro atoms. The fourth-order valence-electron chi connectivity index (χ4n) is 2.50. The van der Waals surface area contributed by atoms with E-state index in [0.717, 1.165) is 17.9 Å². The van der Waals surface area contributed by atoms with Gasteiger partial charge in [-0.25, -0.2) is 0 Å². The highest BCUT2D eigenvalue weighted by Gasteiger charge is 2.17. The molecule has 1 atom stereocenters. The number of benzene rings is 1. The molecule has 0 unspecified atom stereocenters. The van der Waals surface area contributed by atoms with Gasteiger partial charge in [0.05, 0.1) is 12.7 Å². The van der Waals surface area contributed by atoms with Gasteiger partial charge >= 0.3 is 0 Å². The molecule has 2 rings (SSSR count). The van der Waals surface area contributed by atoms with Crippen LogP contribution in [-0.2, 0) is 0 Å². The molecule has 1 aromatic rings. The van der Waals surface area contributed by atoms with Crippen LogP contribution in [0.5, 0.6) is 5.75 Å². The van der Waals surface area contributed by atoms with Crippen molar-refractivity contribution in [3.8, 4) is 5.75 Å². The molecule has 0 bridgehead atoms. The van der Waals surface area contributed by atoms with Crippen LogP contribution in [0.2, 0.25) is 0 Å². The minimum absolute atomic E-state index is 0.464. The highest BCUT2D eigenvalue weighted by atomic mass is 16.5. The molecular formula is C15H22O2. The molecule has 17 heavy (non-hydrogen) atoms. The third-order valence-corrected chi connectivity index (χ3v) is 3.57. The fraction of sp³-hybridized carbons (Fsp3) is 0.600. The monoisotopic (exact) mass is 234 g/mol. The van der Waals surface area contributed by atoms with E-state index in [4.69, 9.17) is 4.74 Å². The van der Waals surface area contributed by atoms with Crippen molar-refractivity contribution in [2.75, 3.05) is 6.61 Å². The van der Waals surface area contributed by atoms with E-state index < -0.39 is 6.10 Å². The quantitative estimate of drug-likeness (QED) is 0.862. The first-order valence-corrected chi connectivity index (χ1v) is 6.58. The summed E-state index contributed by atoms with van der Waals surface area (Å²) in [4.78, 5) is 0. The van der Waals surface area contributed by atoms with Crippen LogP contribution in [0.15, 0.2) is 18.2 Å². The summed E-state index contributed by atoms with van der Waals surface area (Å²) in [6.07, 6.45) is 4.79. The summed E-state index contributed by atoms with van der Waals surface area (Å²) in [6.45, 7) is 4.63. The zero-order valence-electron chi connectivity index (χ0n) is 10.8. The summed E-state index contributed by atoms with van der Waals surface area (Å²) in [5.74, 6) is 1.56. The smallest absolute Gasteiger partial charge is 0.125 e. The molecule has 1 aliphatic rings. The minimum atomic E-state index is -0.464. The van der Waals surface area contributed by atoms with Crippen LogP contribution in [0.4, 0.5) is 0 Å². The van der Waals surface area contributed by atoms with E-state index in [2.05, 4.69) is 0 Å². The molecule has 0 aliphatic heterocycles. The van der Waals surface area contributed by atoms with Gasteiger partial charge in [0.1, 0.15) is 5.75 Å². The van der Waals surface area contributed by atoms with Crippen LogP contribution in [0, 0.1) is 12.8 Å². The summed E-state index contributed by atoms with van der Waals surface area (Å²) in [7, 11) is 0. The number of aliphatic hydroxyl groups is 1. The third kappa shape index (κ3) is 3.22. The van der Waals surface area contributed by atoms with Gasteiger partial charge in [0.15, 0.2) is 0 Å². The molecule has 0 heterocycles. The number of aliphatic hydroxyl groups excluding tert-OH is 1. The highest BCUT2D eigenvalue weighted by Crippen LogP contribution is 2.29. The van der Waals surface area contributed by atoms with Crippen molar-refractivity contribution >= 4 is 0 Å². The predicted octanol–water partition coefficient (Wildman–Crippen LogP) is 3.62. The summed E-state index contributed by atoms with van der Waals surface area (Å²) >= 11 is 0. The molecule has 0 saturated heterocycles. The van der Waals surface area contributed by atoms with E-state index in [0.29, 0.717) is 5.92 Å². The Morgan fingerprint density at radius 2 is 2.06 bits per heavy atom. The van der Waals surface area contributed by atoms with Gasteiger partial charge in [0, 0.05) is 5.56 Å². The van der Waals surface area contributed by atoms with E-state index in [9.17, 15) is 5.11 Å². The van der Waals surface area contributed by atoms with Crippen LogP contribution in [-0.4, -0.2) is 11.7 Å². The van der Waals surface area contributed by atoms with E-state index in [1.54, 1.807) is 6.92 Å². The lowest BCUT2D eigenvalue weighted by Gasteiger charge is -2.16. The van der Waals surface area contributed by atoms with E-state index >= 15 is 0 Å². The van der Waals surface area contributed by atoms with Crippen molar-refractivity contribution in [2.24, 2.45) is 5.92 Å². The normalized spacial score (nSPS) is 18.3. The molecule has 1 aromatic carbocycles. The van der Waals surface area contributed by atoms with E-state index in [1.165, 1.54) is 31.2 Å². The van der Waals surface area contributed by atoms with Gasteiger partial charge in [0.25, 0.3) is 0 Å². The third-order valence-electron chi connectivity index (χ3n) is 3.57. The summed E-state index contributed by atoms with van der Waals surface area (Å²) < 4.78 is 5.90. The van der Waals surface area contributed by atoms with Gasteiger partial charge in [0.2, 0.25) is 0 Å². The lowest BCUT2D eigenvalue weighted by molar-refractivity contribution is 0.186. The first-order chi connectivity index (χ1) is 8.16. The summed E-state index contributed by atoms with van der Waals surface area (Å²) in [6, 6.07) is 6.01. The number of hydrogen-bond acceptors (Lipinski definition) is 2. The number of hydrogen-bond donors (Lipinski definition) is 1. The second-order valence-electron chi connectivity index (χ2n) is 5.18. The van der Waals surface area contributed by atoms with Crippen LogP contribution >= 0.6 is 0 Å². The van der Waals surface area contributed by atoms with Gasteiger partial charge < -0.3 is 9.84 Å². The van der Waals surface area contributed by atoms with Crippen molar-refractivity contribution in [1.29, 1.82) is 0 Å². The topological polar surface area (TPSA) is 29.5 Å². The van der Waals surface area contributed by atoms with Crippen molar-refractivity contribution in [2.45, 2.75) is 45.6 Å². The Bertz CT molecular complexity index is 365. The molecule has 0 amide bonds. The van der Waals surface area contributed by atoms with Crippen LogP contribution < -0.4 is 4.74 Å². The Balaban J connectivity index is 2.04. The maximum atomic E-state index is 9.71. The van der Waals surface area contributed by atoms with Gasteiger partial charge in [-0.2, -0.15) is 0 Å². The molecule has 94 valence electrons. The van der Waals surface area contributed by atoms with Gasteiger partial charge in [-0.1, -0.05) is 25.0 Å². The van der Waals surface area contributed by atoms with Crippen molar-refractivity contribution in [3.63, 3.8) is 0 Å². The number of ether oxygens (including phenoxy) is 1. The number of aryl methyl sites for hydroxylation is 1. The van der Waals surface area contributed by atoms with Crippen molar-refractivity contribution in [1.82, 2.24) is 0 Å². The fourth-order valence-corrected chi connectivity index (χ4v) is 2.50.